The Labute approximate surface area is 171 Å². The lowest BCUT2D eigenvalue weighted by Gasteiger charge is -2.36. The van der Waals surface area contributed by atoms with E-state index in [0.717, 1.165) is 33.9 Å². The maximum Gasteiger partial charge on any atom is 0.256 e. The highest BCUT2D eigenvalue weighted by molar-refractivity contribution is 5.96. The zero-order valence-electron chi connectivity index (χ0n) is 17.3. The molecule has 4 rings (SSSR count). The number of nitrogens with zero attached hydrogens (tertiary/aromatic N) is 4. The molecule has 0 unspecified atom stereocenters. The first-order valence-electron chi connectivity index (χ1n) is 9.89. The lowest BCUT2D eigenvalue weighted by molar-refractivity contribution is -0.00311. The van der Waals surface area contributed by atoms with Gasteiger partial charge in [0.15, 0.2) is 0 Å². The number of carbonyl (C=O) groups excluding carboxylic acids is 1. The van der Waals surface area contributed by atoms with Crippen molar-refractivity contribution >= 4 is 5.91 Å². The van der Waals surface area contributed by atoms with Gasteiger partial charge in [0, 0.05) is 30.4 Å². The van der Waals surface area contributed by atoms with Crippen LogP contribution in [0, 0.1) is 20.8 Å². The van der Waals surface area contributed by atoms with E-state index >= 15 is 0 Å². The summed E-state index contributed by atoms with van der Waals surface area (Å²) in [5.74, 6) is -0.00874. The molecule has 1 aliphatic rings. The smallest absolute Gasteiger partial charge is 0.256 e. The number of amides is 1. The molecule has 1 amide bonds. The number of hydrogen-bond donors (Lipinski definition) is 0. The monoisotopic (exact) mass is 390 g/mol. The van der Waals surface area contributed by atoms with Crippen LogP contribution in [0.1, 0.15) is 39.0 Å². The van der Waals surface area contributed by atoms with Crippen molar-refractivity contribution < 1.29 is 9.53 Å². The molecule has 6 nitrogen and oxygen atoms in total. The van der Waals surface area contributed by atoms with Gasteiger partial charge in [0.2, 0.25) is 0 Å². The predicted octanol–water partition coefficient (Wildman–Crippen LogP) is 3.62. The summed E-state index contributed by atoms with van der Waals surface area (Å²) in [6, 6.07) is 13.7. The fourth-order valence-corrected chi connectivity index (χ4v) is 4.07. The molecule has 0 spiro atoms. The molecular weight excluding hydrogens is 364 g/mol. The second-order valence-electron chi connectivity index (χ2n) is 7.49. The summed E-state index contributed by atoms with van der Waals surface area (Å²) in [5, 5.41) is 4.53. The zero-order valence-corrected chi connectivity index (χ0v) is 17.3. The maximum atomic E-state index is 13.5. The third-order valence-corrected chi connectivity index (χ3v) is 5.67. The molecule has 0 radical (unpaired) electrons. The van der Waals surface area contributed by atoms with Crippen LogP contribution in [0.25, 0.3) is 11.3 Å². The van der Waals surface area contributed by atoms with Crippen LogP contribution in [-0.2, 0) is 11.8 Å². The third-order valence-electron chi connectivity index (χ3n) is 5.67. The molecule has 29 heavy (non-hydrogen) atoms. The Morgan fingerprint density at radius 1 is 1.07 bits per heavy atom. The molecule has 0 N–H and O–H groups in total. The summed E-state index contributed by atoms with van der Waals surface area (Å²) in [6.45, 7) is 7.49. The maximum absolute atomic E-state index is 13.5. The van der Waals surface area contributed by atoms with Crippen LogP contribution in [0.3, 0.4) is 0 Å². The van der Waals surface area contributed by atoms with Crippen molar-refractivity contribution in [3.8, 4) is 11.3 Å². The number of pyridine rings is 1. The van der Waals surface area contributed by atoms with E-state index in [1.165, 1.54) is 0 Å². The molecule has 2 aromatic heterocycles. The highest BCUT2D eigenvalue weighted by Crippen LogP contribution is 2.31. The van der Waals surface area contributed by atoms with Crippen molar-refractivity contribution in [2.45, 2.75) is 26.8 Å². The van der Waals surface area contributed by atoms with E-state index < -0.39 is 0 Å². The molecule has 1 saturated heterocycles. The van der Waals surface area contributed by atoms with Crippen LogP contribution in [-0.4, -0.2) is 45.3 Å². The van der Waals surface area contributed by atoms with Crippen LogP contribution in [0.2, 0.25) is 0 Å². The number of aryl methyl sites for hydroxylation is 3. The molecule has 0 bridgehead atoms. The number of carbonyl (C=O) groups is 1. The molecule has 3 aromatic rings. The summed E-state index contributed by atoms with van der Waals surface area (Å²) in [5.41, 5.74) is 6.36. The number of rotatable bonds is 3. The van der Waals surface area contributed by atoms with Crippen LogP contribution < -0.4 is 0 Å². The van der Waals surface area contributed by atoms with Gasteiger partial charge in [-0.05, 0) is 32.9 Å². The second kappa shape index (κ2) is 7.79. The number of benzene rings is 1. The van der Waals surface area contributed by atoms with Gasteiger partial charge in [-0.25, -0.2) is 0 Å². The minimum absolute atomic E-state index is 0.00874. The molecule has 1 aliphatic heterocycles. The average molecular weight is 390 g/mol. The van der Waals surface area contributed by atoms with Crippen LogP contribution in [0.15, 0.2) is 42.5 Å². The first kappa shape index (κ1) is 19.3. The number of ether oxygens (including phenoxy) is 1. The quantitative estimate of drug-likeness (QED) is 0.685. The topological polar surface area (TPSA) is 60.3 Å². The van der Waals surface area contributed by atoms with Gasteiger partial charge in [-0.3, -0.25) is 14.5 Å². The van der Waals surface area contributed by atoms with Crippen molar-refractivity contribution in [2.24, 2.45) is 7.05 Å². The van der Waals surface area contributed by atoms with Gasteiger partial charge in [-0.15, -0.1) is 0 Å². The van der Waals surface area contributed by atoms with Gasteiger partial charge in [-0.2, -0.15) is 5.10 Å². The summed E-state index contributed by atoms with van der Waals surface area (Å²) in [6.07, 6.45) is 0. The molecule has 1 fully saturated rings. The Balaban J connectivity index is 1.67. The lowest BCUT2D eigenvalue weighted by Crippen LogP contribution is -2.44. The number of hydrogen-bond acceptors (Lipinski definition) is 4. The molecular formula is C23H26N4O2. The fraction of sp³-hybridized carbons (Fsp3) is 0.348. The van der Waals surface area contributed by atoms with E-state index in [1.807, 2.05) is 79.9 Å². The van der Waals surface area contributed by atoms with Gasteiger partial charge < -0.3 is 9.64 Å². The Kier molecular flexibility index (Phi) is 5.20. The largest absolute Gasteiger partial charge is 0.377 e. The SMILES string of the molecule is Cc1nc(-c2ccccc2)ccc1C(=O)N1CCOC[C@H]1c1c(C)nn(C)c1C. The first-order valence-corrected chi connectivity index (χ1v) is 9.89. The van der Waals surface area contributed by atoms with E-state index in [2.05, 4.69) is 5.10 Å². The Hall–Kier alpha value is -2.99. The van der Waals surface area contributed by atoms with Crippen molar-refractivity contribution in [1.29, 1.82) is 0 Å². The number of morpholine rings is 1. The van der Waals surface area contributed by atoms with Crippen LogP contribution >= 0.6 is 0 Å². The molecule has 150 valence electrons. The molecule has 0 saturated carbocycles. The summed E-state index contributed by atoms with van der Waals surface area (Å²) in [7, 11) is 1.93. The summed E-state index contributed by atoms with van der Waals surface area (Å²) in [4.78, 5) is 20.1. The van der Waals surface area contributed by atoms with Crippen LogP contribution in [0.4, 0.5) is 0 Å². The van der Waals surface area contributed by atoms with E-state index in [-0.39, 0.29) is 11.9 Å². The molecule has 3 heterocycles. The average Bonchev–Trinajstić information content (AvgIpc) is 2.99. The highest BCUT2D eigenvalue weighted by atomic mass is 16.5. The lowest BCUT2D eigenvalue weighted by atomic mass is 10.0. The minimum atomic E-state index is -0.141. The molecule has 0 aliphatic carbocycles. The highest BCUT2D eigenvalue weighted by Gasteiger charge is 2.33. The van der Waals surface area contributed by atoms with E-state index in [4.69, 9.17) is 9.72 Å². The second-order valence-corrected chi connectivity index (χ2v) is 7.49. The molecule has 1 atom stereocenters. The predicted molar refractivity (Wildman–Crippen MR) is 112 cm³/mol. The standard InChI is InChI=1S/C23H26N4O2/c1-15-19(10-11-20(24-15)18-8-6-5-7-9-18)23(28)27-12-13-29-14-21(27)22-16(2)25-26(4)17(22)3/h5-11,21H,12-14H2,1-4H3/t21-/m0/s1. The fourth-order valence-electron chi connectivity index (χ4n) is 4.07. The van der Waals surface area contributed by atoms with Gasteiger partial charge in [0.05, 0.1) is 41.9 Å². The summed E-state index contributed by atoms with van der Waals surface area (Å²) >= 11 is 0. The number of aromatic nitrogens is 3. The third kappa shape index (κ3) is 3.56. The molecule has 1 aromatic carbocycles. The van der Waals surface area contributed by atoms with Gasteiger partial charge >= 0.3 is 0 Å². The van der Waals surface area contributed by atoms with Crippen LogP contribution in [0.5, 0.6) is 0 Å². The van der Waals surface area contributed by atoms with Crippen molar-refractivity contribution in [3.05, 3.63) is 70.7 Å². The van der Waals surface area contributed by atoms with E-state index in [9.17, 15) is 4.79 Å². The van der Waals surface area contributed by atoms with Crippen molar-refractivity contribution in [1.82, 2.24) is 19.7 Å². The Bertz CT molecular complexity index is 1040. The zero-order chi connectivity index (χ0) is 20.5. The van der Waals surface area contributed by atoms with Gasteiger partial charge in [0.25, 0.3) is 5.91 Å². The first-order chi connectivity index (χ1) is 14.0. The van der Waals surface area contributed by atoms with E-state index in [1.54, 1.807) is 0 Å². The Morgan fingerprint density at radius 2 is 1.83 bits per heavy atom. The summed E-state index contributed by atoms with van der Waals surface area (Å²) < 4.78 is 7.60. The minimum Gasteiger partial charge on any atom is -0.377 e. The normalized spacial score (nSPS) is 16.8. The van der Waals surface area contributed by atoms with Crippen molar-refractivity contribution in [3.63, 3.8) is 0 Å². The van der Waals surface area contributed by atoms with Gasteiger partial charge in [0.1, 0.15) is 0 Å². The van der Waals surface area contributed by atoms with E-state index in [0.29, 0.717) is 25.3 Å². The molecule has 6 heteroatoms. The van der Waals surface area contributed by atoms with Crippen molar-refractivity contribution in [2.75, 3.05) is 19.8 Å². The Morgan fingerprint density at radius 3 is 2.48 bits per heavy atom. The van der Waals surface area contributed by atoms with Gasteiger partial charge in [-0.1, -0.05) is 30.3 Å².